The number of aliphatic carboxylic acids is 1. The number of carbonyl (C=O) groups excluding carboxylic acids is 1. The van der Waals surface area contributed by atoms with E-state index < -0.39 is 12.1 Å². The van der Waals surface area contributed by atoms with Gasteiger partial charge in [0.05, 0.1) is 32.3 Å². The lowest BCUT2D eigenvalue weighted by Gasteiger charge is -2.24. The number of carboxylic acids is 1. The minimum atomic E-state index is -5.08. The third kappa shape index (κ3) is 6.58. The number of thiophene rings is 1. The molecule has 32 heavy (non-hydrogen) atoms. The third-order valence-corrected chi connectivity index (χ3v) is 5.42. The van der Waals surface area contributed by atoms with Gasteiger partial charge < -0.3 is 19.3 Å². The number of hydrogen-bond acceptors (Lipinski definition) is 5. The lowest BCUT2D eigenvalue weighted by molar-refractivity contribution is -0.192. The van der Waals surface area contributed by atoms with Crippen LogP contribution in [0.4, 0.5) is 13.2 Å². The van der Waals surface area contributed by atoms with E-state index in [4.69, 9.17) is 14.6 Å². The fourth-order valence-electron chi connectivity index (χ4n) is 3.10. The molecule has 0 aliphatic carbocycles. The van der Waals surface area contributed by atoms with Crippen LogP contribution in [-0.2, 0) is 29.1 Å². The van der Waals surface area contributed by atoms with Crippen molar-refractivity contribution < 1.29 is 32.6 Å². The van der Waals surface area contributed by atoms with E-state index in [1.165, 1.54) is 0 Å². The first kappa shape index (κ1) is 23.3. The normalized spacial score (nSPS) is 15.7. The van der Waals surface area contributed by atoms with Gasteiger partial charge in [-0.15, -0.1) is 11.3 Å². The Bertz CT molecular complexity index is 1020. The van der Waals surface area contributed by atoms with Crippen LogP contribution in [0.25, 0.3) is 0 Å². The highest BCUT2D eigenvalue weighted by Gasteiger charge is 2.38. The van der Waals surface area contributed by atoms with E-state index in [2.05, 4.69) is 15.6 Å². The molecule has 1 aliphatic heterocycles. The summed E-state index contributed by atoms with van der Waals surface area (Å²) in [5.41, 5.74) is 1.14. The smallest absolute Gasteiger partial charge is 0.485 e. The van der Waals surface area contributed by atoms with Crippen molar-refractivity contribution in [1.29, 1.82) is 0 Å². The van der Waals surface area contributed by atoms with Crippen molar-refractivity contribution in [3.8, 4) is 5.75 Å². The Balaban J connectivity index is 0.000000360. The zero-order valence-electron chi connectivity index (χ0n) is 16.7. The summed E-state index contributed by atoms with van der Waals surface area (Å²) < 4.78 is 40.0. The van der Waals surface area contributed by atoms with Gasteiger partial charge in [-0.05, 0) is 35.7 Å². The molecule has 3 aromatic rings. The van der Waals surface area contributed by atoms with Gasteiger partial charge in [-0.1, -0.05) is 6.07 Å². The van der Waals surface area contributed by atoms with Crippen LogP contribution in [0.5, 0.6) is 5.75 Å². The SMILES string of the molecule is O=C(Cc1cccs1)N1Cc2cccn2CC(Oc2cccnc2)C1.O=C(O)C(F)(F)F. The number of aromatic nitrogens is 2. The van der Waals surface area contributed by atoms with E-state index in [-0.39, 0.29) is 12.0 Å². The Morgan fingerprint density at radius 3 is 2.59 bits per heavy atom. The summed E-state index contributed by atoms with van der Waals surface area (Å²) >= 11 is 1.62. The van der Waals surface area contributed by atoms with Crippen LogP contribution in [0, 0.1) is 0 Å². The van der Waals surface area contributed by atoms with Gasteiger partial charge in [0.15, 0.2) is 0 Å². The fourth-order valence-corrected chi connectivity index (χ4v) is 3.80. The minimum absolute atomic E-state index is 0.106. The topological polar surface area (TPSA) is 84.7 Å². The van der Waals surface area contributed by atoms with Crippen molar-refractivity contribution in [3.63, 3.8) is 0 Å². The van der Waals surface area contributed by atoms with E-state index in [9.17, 15) is 18.0 Å². The van der Waals surface area contributed by atoms with Gasteiger partial charge in [-0.25, -0.2) is 4.79 Å². The van der Waals surface area contributed by atoms with Crippen molar-refractivity contribution in [1.82, 2.24) is 14.5 Å². The van der Waals surface area contributed by atoms with Crippen molar-refractivity contribution in [2.75, 3.05) is 6.54 Å². The number of carbonyl (C=O) groups is 2. The molecule has 4 heterocycles. The van der Waals surface area contributed by atoms with Crippen molar-refractivity contribution >= 4 is 23.2 Å². The summed E-state index contributed by atoms with van der Waals surface area (Å²) in [6, 6.07) is 11.8. The second-order valence-electron chi connectivity index (χ2n) is 6.91. The standard InChI is InChI=1S/C19H19N3O2S.C2HF3O2/c23-19(10-18-6-3-9-25-18)22-12-15-4-2-8-21(15)13-17(14-22)24-16-5-1-7-20-11-16;3-2(4,5)1(6)7/h1-9,11,17H,10,12-14H2;(H,6,7). The molecule has 1 atom stereocenters. The summed E-state index contributed by atoms with van der Waals surface area (Å²) in [4.78, 5) is 28.8. The molecule has 0 saturated heterocycles. The van der Waals surface area contributed by atoms with E-state index in [0.29, 0.717) is 19.5 Å². The quantitative estimate of drug-likeness (QED) is 0.634. The van der Waals surface area contributed by atoms with Gasteiger partial charge in [0.2, 0.25) is 5.91 Å². The van der Waals surface area contributed by atoms with Crippen LogP contribution >= 0.6 is 11.3 Å². The molecule has 0 saturated carbocycles. The minimum Gasteiger partial charge on any atom is -0.485 e. The Morgan fingerprint density at radius 2 is 1.97 bits per heavy atom. The number of ether oxygens (including phenoxy) is 1. The van der Waals surface area contributed by atoms with Crippen molar-refractivity contribution in [2.45, 2.75) is 31.8 Å². The zero-order valence-corrected chi connectivity index (χ0v) is 17.6. The molecule has 4 rings (SSSR count). The molecular weight excluding hydrogens is 447 g/mol. The molecule has 7 nitrogen and oxygen atoms in total. The molecule has 0 aromatic carbocycles. The first-order chi connectivity index (χ1) is 15.2. The van der Waals surface area contributed by atoms with Crippen LogP contribution in [0.3, 0.4) is 0 Å². The maximum atomic E-state index is 12.8. The van der Waals surface area contributed by atoms with Gasteiger partial charge in [0.1, 0.15) is 11.9 Å². The van der Waals surface area contributed by atoms with Crippen molar-refractivity contribution in [2.24, 2.45) is 0 Å². The van der Waals surface area contributed by atoms with Crippen LogP contribution in [0.15, 0.2) is 60.4 Å². The summed E-state index contributed by atoms with van der Waals surface area (Å²) in [5, 5.41) is 9.13. The maximum Gasteiger partial charge on any atom is 0.490 e. The number of carboxylic acid groups (broad SMARTS) is 1. The number of pyridine rings is 1. The van der Waals surface area contributed by atoms with Gasteiger partial charge in [-0.2, -0.15) is 13.2 Å². The number of nitrogens with zero attached hydrogens (tertiary/aromatic N) is 3. The van der Waals surface area contributed by atoms with E-state index in [1.54, 1.807) is 23.7 Å². The van der Waals surface area contributed by atoms with Gasteiger partial charge in [0.25, 0.3) is 0 Å². The molecular formula is C21H20F3N3O4S. The Labute approximate surface area is 185 Å². The lowest BCUT2D eigenvalue weighted by Crippen LogP contribution is -2.39. The molecule has 170 valence electrons. The number of rotatable bonds is 4. The van der Waals surface area contributed by atoms with E-state index in [0.717, 1.165) is 22.9 Å². The van der Waals surface area contributed by atoms with Gasteiger partial charge in [-0.3, -0.25) is 9.78 Å². The molecule has 0 fully saturated rings. The number of amides is 1. The number of alkyl halides is 3. The Hall–Kier alpha value is -3.34. The van der Waals surface area contributed by atoms with Crippen LogP contribution < -0.4 is 4.74 Å². The van der Waals surface area contributed by atoms with Crippen LogP contribution in [0.1, 0.15) is 10.6 Å². The van der Waals surface area contributed by atoms with Crippen LogP contribution in [-0.4, -0.2) is 50.3 Å². The Kier molecular flexibility index (Phi) is 7.52. The second-order valence-corrected chi connectivity index (χ2v) is 7.95. The number of fused-ring (bicyclic) bond motifs is 1. The summed E-state index contributed by atoms with van der Waals surface area (Å²) in [6.07, 6.45) is 0.727. The molecule has 1 aliphatic rings. The highest BCUT2D eigenvalue weighted by atomic mass is 32.1. The summed E-state index contributed by atoms with van der Waals surface area (Å²) in [5.74, 6) is -1.89. The van der Waals surface area contributed by atoms with Gasteiger partial charge in [0, 0.05) is 23.0 Å². The largest absolute Gasteiger partial charge is 0.490 e. The second kappa shape index (κ2) is 10.3. The lowest BCUT2D eigenvalue weighted by atomic mass is 10.2. The summed E-state index contributed by atoms with van der Waals surface area (Å²) in [7, 11) is 0. The highest BCUT2D eigenvalue weighted by Crippen LogP contribution is 2.20. The molecule has 1 N–H and O–H groups in total. The first-order valence-electron chi connectivity index (χ1n) is 9.53. The molecule has 1 unspecified atom stereocenters. The molecule has 0 spiro atoms. The third-order valence-electron chi connectivity index (χ3n) is 4.54. The first-order valence-corrected chi connectivity index (χ1v) is 10.4. The molecule has 0 bridgehead atoms. The monoisotopic (exact) mass is 467 g/mol. The van der Waals surface area contributed by atoms with E-state index >= 15 is 0 Å². The highest BCUT2D eigenvalue weighted by molar-refractivity contribution is 7.10. The predicted octanol–water partition coefficient (Wildman–Crippen LogP) is 3.61. The zero-order chi connectivity index (χ0) is 23.1. The Morgan fingerprint density at radius 1 is 1.19 bits per heavy atom. The maximum absolute atomic E-state index is 12.8. The summed E-state index contributed by atoms with van der Waals surface area (Å²) in [6.45, 7) is 1.91. The average Bonchev–Trinajstić information content (AvgIpc) is 3.37. The predicted molar refractivity (Wildman–Crippen MR) is 110 cm³/mol. The van der Waals surface area contributed by atoms with Crippen LogP contribution in [0.2, 0.25) is 0 Å². The van der Waals surface area contributed by atoms with Gasteiger partial charge >= 0.3 is 12.1 Å². The molecule has 1 amide bonds. The number of hydrogen-bond donors (Lipinski definition) is 1. The molecule has 11 heteroatoms. The molecule has 3 aromatic heterocycles. The van der Waals surface area contributed by atoms with E-state index in [1.807, 2.05) is 46.8 Å². The fraction of sp³-hybridized carbons (Fsp3) is 0.286. The van der Waals surface area contributed by atoms with Crippen molar-refractivity contribution in [3.05, 3.63) is 70.9 Å². The number of halogens is 3. The molecule has 0 radical (unpaired) electrons. The average molecular weight is 467 g/mol.